The lowest BCUT2D eigenvalue weighted by Gasteiger charge is -2.18. The molecule has 4 heteroatoms. The van der Waals surface area contributed by atoms with Crippen LogP contribution in [0.1, 0.15) is 40.4 Å². The van der Waals surface area contributed by atoms with Gasteiger partial charge in [0, 0.05) is 18.5 Å². The summed E-state index contributed by atoms with van der Waals surface area (Å²) in [6, 6.07) is 0. The van der Waals surface area contributed by atoms with Gasteiger partial charge in [0.1, 0.15) is 5.82 Å². The SMILES string of the molecule is CCNc1nnc(C(C)(C)C)n1CC. The molecule has 0 aliphatic heterocycles. The van der Waals surface area contributed by atoms with E-state index in [0.29, 0.717) is 0 Å². The van der Waals surface area contributed by atoms with E-state index in [9.17, 15) is 0 Å². The van der Waals surface area contributed by atoms with Crippen molar-refractivity contribution in [3.8, 4) is 0 Å². The number of anilines is 1. The first-order valence-corrected chi connectivity index (χ1v) is 5.18. The number of aromatic nitrogens is 3. The lowest BCUT2D eigenvalue weighted by atomic mass is 9.96. The second kappa shape index (κ2) is 3.98. The highest BCUT2D eigenvalue weighted by Crippen LogP contribution is 2.22. The van der Waals surface area contributed by atoms with E-state index in [1.807, 2.05) is 0 Å². The molecule has 4 nitrogen and oxygen atoms in total. The van der Waals surface area contributed by atoms with E-state index in [2.05, 4.69) is 54.7 Å². The molecule has 14 heavy (non-hydrogen) atoms. The molecule has 0 fully saturated rings. The Bertz CT molecular complexity index is 296. The molecule has 1 heterocycles. The van der Waals surface area contributed by atoms with Crippen LogP contribution in [-0.4, -0.2) is 21.3 Å². The average Bonchev–Trinajstić information content (AvgIpc) is 2.47. The van der Waals surface area contributed by atoms with Crippen molar-refractivity contribution in [3.63, 3.8) is 0 Å². The molecule has 0 saturated heterocycles. The third-order valence-electron chi connectivity index (χ3n) is 2.07. The maximum Gasteiger partial charge on any atom is 0.224 e. The molecule has 0 unspecified atom stereocenters. The molecule has 1 aromatic heterocycles. The van der Waals surface area contributed by atoms with E-state index in [0.717, 1.165) is 24.9 Å². The van der Waals surface area contributed by atoms with Crippen LogP contribution in [0.25, 0.3) is 0 Å². The van der Waals surface area contributed by atoms with Crippen molar-refractivity contribution in [3.05, 3.63) is 5.82 Å². The van der Waals surface area contributed by atoms with Gasteiger partial charge in [0.05, 0.1) is 0 Å². The number of nitrogens with one attached hydrogen (secondary N) is 1. The van der Waals surface area contributed by atoms with E-state index < -0.39 is 0 Å². The van der Waals surface area contributed by atoms with Gasteiger partial charge in [-0.2, -0.15) is 0 Å². The van der Waals surface area contributed by atoms with Crippen molar-refractivity contribution in [2.24, 2.45) is 0 Å². The van der Waals surface area contributed by atoms with Gasteiger partial charge in [-0.1, -0.05) is 20.8 Å². The molecule has 0 aliphatic carbocycles. The Hall–Kier alpha value is -1.06. The molecule has 1 rings (SSSR count). The summed E-state index contributed by atoms with van der Waals surface area (Å²) in [7, 11) is 0. The maximum atomic E-state index is 4.23. The fraction of sp³-hybridized carbons (Fsp3) is 0.800. The predicted octanol–water partition coefficient (Wildman–Crippen LogP) is 2.03. The first kappa shape index (κ1) is 11.0. The van der Waals surface area contributed by atoms with E-state index in [-0.39, 0.29) is 5.41 Å². The Morgan fingerprint density at radius 3 is 2.29 bits per heavy atom. The van der Waals surface area contributed by atoms with Crippen LogP contribution in [-0.2, 0) is 12.0 Å². The van der Waals surface area contributed by atoms with Crippen molar-refractivity contribution in [1.82, 2.24) is 14.8 Å². The minimum Gasteiger partial charge on any atom is -0.355 e. The first-order valence-electron chi connectivity index (χ1n) is 5.18. The molecular weight excluding hydrogens is 176 g/mol. The third kappa shape index (κ3) is 2.05. The van der Waals surface area contributed by atoms with Crippen LogP contribution >= 0.6 is 0 Å². The summed E-state index contributed by atoms with van der Waals surface area (Å²) >= 11 is 0. The van der Waals surface area contributed by atoms with Gasteiger partial charge in [0.15, 0.2) is 0 Å². The van der Waals surface area contributed by atoms with E-state index in [1.165, 1.54) is 0 Å². The second-order valence-corrected chi connectivity index (χ2v) is 4.37. The number of nitrogens with zero attached hydrogens (tertiary/aromatic N) is 3. The Balaban J connectivity index is 3.07. The zero-order valence-electron chi connectivity index (χ0n) is 9.76. The van der Waals surface area contributed by atoms with Gasteiger partial charge in [-0.15, -0.1) is 10.2 Å². The molecule has 80 valence electrons. The second-order valence-electron chi connectivity index (χ2n) is 4.37. The minimum atomic E-state index is 0.0523. The molecule has 0 aliphatic rings. The minimum absolute atomic E-state index is 0.0523. The standard InChI is InChI=1S/C10H20N4/c1-6-11-9-13-12-8(10(3,4)5)14(9)7-2/h6-7H2,1-5H3,(H,11,13). The highest BCUT2D eigenvalue weighted by atomic mass is 15.4. The largest absolute Gasteiger partial charge is 0.355 e. The van der Waals surface area contributed by atoms with Gasteiger partial charge in [-0.3, -0.25) is 4.57 Å². The summed E-state index contributed by atoms with van der Waals surface area (Å²) < 4.78 is 2.13. The molecule has 0 spiro atoms. The van der Waals surface area contributed by atoms with Crippen LogP contribution < -0.4 is 5.32 Å². The first-order chi connectivity index (χ1) is 6.50. The van der Waals surface area contributed by atoms with Gasteiger partial charge in [-0.25, -0.2) is 0 Å². The molecule has 0 atom stereocenters. The lowest BCUT2D eigenvalue weighted by Crippen LogP contribution is -2.19. The molecular formula is C10H20N4. The monoisotopic (exact) mass is 196 g/mol. The number of hydrogen-bond acceptors (Lipinski definition) is 3. The summed E-state index contributed by atoms with van der Waals surface area (Å²) in [6.45, 7) is 12.4. The fourth-order valence-electron chi connectivity index (χ4n) is 1.45. The van der Waals surface area contributed by atoms with Crippen molar-refractivity contribution in [2.45, 2.75) is 46.6 Å². The van der Waals surface area contributed by atoms with Crippen LogP contribution in [0.3, 0.4) is 0 Å². The summed E-state index contributed by atoms with van der Waals surface area (Å²) in [5.74, 6) is 1.91. The lowest BCUT2D eigenvalue weighted by molar-refractivity contribution is 0.506. The Morgan fingerprint density at radius 1 is 1.21 bits per heavy atom. The molecule has 0 radical (unpaired) electrons. The Kier molecular flexibility index (Phi) is 3.13. The maximum absolute atomic E-state index is 4.23. The molecule has 1 aromatic rings. The van der Waals surface area contributed by atoms with Crippen LogP contribution in [0.4, 0.5) is 5.95 Å². The summed E-state index contributed by atoms with van der Waals surface area (Å²) in [5, 5.41) is 11.6. The van der Waals surface area contributed by atoms with Gasteiger partial charge in [-0.05, 0) is 13.8 Å². The van der Waals surface area contributed by atoms with Crippen LogP contribution in [0.5, 0.6) is 0 Å². The normalized spacial score (nSPS) is 11.8. The topological polar surface area (TPSA) is 42.7 Å². The van der Waals surface area contributed by atoms with Crippen molar-refractivity contribution >= 4 is 5.95 Å². The smallest absolute Gasteiger partial charge is 0.224 e. The van der Waals surface area contributed by atoms with Gasteiger partial charge < -0.3 is 5.32 Å². The van der Waals surface area contributed by atoms with Gasteiger partial charge >= 0.3 is 0 Å². The number of rotatable bonds is 3. The van der Waals surface area contributed by atoms with Crippen molar-refractivity contribution in [1.29, 1.82) is 0 Å². The Morgan fingerprint density at radius 2 is 1.86 bits per heavy atom. The Labute approximate surface area is 85.7 Å². The quantitative estimate of drug-likeness (QED) is 0.804. The molecule has 1 N–H and O–H groups in total. The highest BCUT2D eigenvalue weighted by molar-refractivity contribution is 5.27. The van der Waals surface area contributed by atoms with E-state index in [1.54, 1.807) is 0 Å². The summed E-state index contributed by atoms with van der Waals surface area (Å²) in [4.78, 5) is 0. The van der Waals surface area contributed by atoms with Crippen LogP contribution in [0.2, 0.25) is 0 Å². The predicted molar refractivity (Wildman–Crippen MR) is 58.6 cm³/mol. The van der Waals surface area contributed by atoms with Crippen LogP contribution in [0, 0.1) is 0 Å². The fourth-order valence-corrected chi connectivity index (χ4v) is 1.45. The zero-order chi connectivity index (χ0) is 10.8. The molecule has 0 aromatic carbocycles. The molecule has 0 bridgehead atoms. The van der Waals surface area contributed by atoms with E-state index in [4.69, 9.17) is 0 Å². The molecule has 0 amide bonds. The van der Waals surface area contributed by atoms with Crippen molar-refractivity contribution < 1.29 is 0 Å². The summed E-state index contributed by atoms with van der Waals surface area (Å²) in [5.41, 5.74) is 0.0523. The third-order valence-corrected chi connectivity index (χ3v) is 2.07. The zero-order valence-corrected chi connectivity index (χ0v) is 9.76. The average molecular weight is 196 g/mol. The van der Waals surface area contributed by atoms with Gasteiger partial charge in [0.2, 0.25) is 5.95 Å². The summed E-state index contributed by atoms with van der Waals surface area (Å²) in [6.07, 6.45) is 0. The molecule has 0 saturated carbocycles. The highest BCUT2D eigenvalue weighted by Gasteiger charge is 2.22. The number of hydrogen-bond donors (Lipinski definition) is 1. The van der Waals surface area contributed by atoms with E-state index >= 15 is 0 Å². The van der Waals surface area contributed by atoms with Crippen LogP contribution in [0.15, 0.2) is 0 Å². The van der Waals surface area contributed by atoms with Gasteiger partial charge in [0.25, 0.3) is 0 Å². The van der Waals surface area contributed by atoms with Crippen molar-refractivity contribution in [2.75, 3.05) is 11.9 Å².